The maximum absolute atomic E-state index is 11.8. The first kappa shape index (κ1) is 13.8. The molecule has 1 rings (SSSR count). The molecule has 0 fully saturated rings. The molecule has 0 atom stereocenters. The molecule has 0 aliphatic rings. The van der Waals surface area contributed by atoms with E-state index in [9.17, 15) is 4.79 Å². The van der Waals surface area contributed by atoms with E-state index < -0.39 is 0 Å². The van der Waals surface area contributed by atoms with Crippen molar-refractivity contribution in [2.24, 2.45) is 0 Å². The highest BCUT2D eigenvalue weighted by molar-refractivity contribution is 14.1. The maximum atomic E-state index is 11.8. The van der Waals surface area contributed by atoms with E-state index in [0.29, 0.717) is 10.6 Å². The van der Waals surface area contributed by atoms with E-state index in [2.05, 4.69) is 34.8 Å². The number of amides is 1. The molecule has 0 aliphatic carbocycles. The second-order valence-electron chi connectivity index (χ2n) is 3.59. The van der Waals surface area contributed by atoms with Gasteiger partial charge in [0.2, 0.25) is 0 Å². The molecule has 0 spiro atoms. The molecule has 0 radical (unpaired) electrons. The van der Waals surface area contributed by atoms with E-state index in [0.717, 1.165) is 29.4 Å². The van der Waals surface area contributed by atoms with Gasteiger partial charge in [0.15, 0.2) is 0 Å². The molecule has 4 heteroatoms. The van der Waals surface area contributed by atoms with Crippen molar-refractivity contribution in [3.8, 4) is 0 Å². The van der Waals surface area contributed by atoms with Gasteiger partial charge in [0.25, 0.3) is 5.91 Å². The number of rotatable bonds is 5. The molecule has 0 unspecified atom stereocenters. The molecule has 2 nitrogen and oxygen atoms in total. The predicted molar refractivity (Wildman–Crippen MR) is 76.0 cm³/mol. The van der Waals surface area contributed by atoms with Crippen LogP contribution in [0.3, 0.4) is 0 Å². The van der Waals surface area contributed by atoms with Crippen LogP contribution in [0.25, 0.3) is 0 Å². The van der Waals surface area contributed by atoms with Crippen LogP contribution in [-0.4, -0.2) is 12.5 Å². The van der Waals surface area contributed by atoms with Gasteiger partial charge in [0.05, 0.1) is 5.56 Å². The Morgan fingerprint density at radius 2 is 2.19 bits per heavy atom. The largest absolute Gasteiger partial charge is 0.352 e. The van der Waals surface area contributed by atoms with Crippen LogP contribution in [0.2, 0.25) is 5.02 Å². The summed E-state index contributed by atoms with van der Waals surface area (Å²) in [7, 11) is 0. The van der Waals surface area contributed by atoms with Crippen LogP contribution in [0.5, 0.6) is 0 Å². The molecule has 0 saturated heterocycles. The van der Waals surface area contributed by atoms with Crippen LogP contribution in [0.15, 0.2) is 18.2 Å². The van der Waals surface area contributed by atoms with Crippen LogP contribution in [-0.2, 0) is 0 Å². The normalized spacial score (nSPS) is 10.2. The fourth-order valence-electron chi connectivity index (χ4n) is 1.34. The van der Waals surface area contributed by atoms with Gasteiger partial charge in [-0.1, -0.05) is 31.4 Å². The van der Waals surface area contributed by atoms with Crippen molar-refractivity contribution < 1.29 is 4.79 Å². The average Bonchev–Trinajstić information content (AvgIpc) is 2.27. The number of benzene rings is 1. The smallest absolute Gasteiger partial charge is 0.252 e. The summed E-state index contributed by atoms with van der Waals surface area (Å²) < 4.78 is 0.926. The van der Waals surface area contributed by atoms with E-state index in [-0.39, 0.29) is 5.91 Å². The minimum atomic E-state index is -0.0389. The van der Waals surface area contributed by atoms with E-state index in [1.165, 1.54) is 0 Å². The Kier molecular flexibility index (Phi) is 6.13. The molecule has 0 aromatic heterocycles. The third-order valence-electron chi connectivity index (χ3n) is 2.24. The number of halogens is 2. The molecule has 16 heavy (non-hydrogen) atoms. The Morgan fingerprint density at radius 1 is 1.44 bits per heavy atom. The monoisotopic (exact) mass is 351 g/mol. The molecule has 0 aliphatic heterocycles. The average molecular weight is 352 g/mol. The highest BCUT2D eigenvalue weighted by Gasteiger charge is 2.09. The van der Waals surface area contributed by atoms with Gasteiger partial charge in [0.1, 0.15) is 0 Å². The first-order chi connectivity index (χ1) is 7.65. The Morgan fingerprint density at radius 3 is 2.88 bits per heavy atom. The van der Waals surface area contributed by atoms with Crippen LogP contribution < -0.4 is 5.32 Å². The molecule has 0 saturated carbocycles. The number of hydrogen-bond donors (Lipinski definition) is 1. The van der Waals surface area contributed by atoms with Crippen molar-refractivity contribution >= 4 is 40.1 Å². The van der Waals surface area contributed by atoms with Crippen LogP contribution in [0, 0.1) is 3.57 Å². The first-order valence-electron chi connectivity index (χ1n) is 5.38. The van der Waals surface area contributed by atoms with Crippen LogP contribution in [0.4, 0.5) is 0 Å². The lowest BCUT2D eigenvalue weighted by molar-refractivity contribution is 0.0952. The zero-order valence-electron chi connectivity index (χ0n) is 9.22. The van der Waals surface area contributed by atoms with E-state index in [4.69, 9.17) is 11.6 Å². The number of carbonyl (C=O) groups is 1. The van der Waals surface area contributed by atoms with Crippen molar-refractivity contribution in [3.63, 3.8) is 0 Å². The van der Waals surface area contributed by atoms with Gasteiger partial charge in [-0.3, -0.25) is 4.79 Å². The first-order valence-corrected chi connectivity index (χ1v) is 6.84. The summed E-state index contributed by atoms with van der Waals surface area (Å²) in [6.07, 6.45) is 3.33. The molecule has 1 aromatic carbocycles. The Balaban J connectivity index is 2.55. The molecular weight excluding hydrogens is 336 g/mol. The molecule has 1 aromatic rings. The zero-order chi connectivity index (χ0) is 12.0. The van der Waals surface area contributed by atoms with Gasteiger partial charge >= 0.3 is 0 Å². The standard InChI is InChI=1S/C12H15ClINO/c1-2-3-4-7-15-12(16)10-8-9(13)5-6-11(10)14/h5-6,8H,2-4,7H2,1H3,(H,15,16). The number of unbranched alkanes of at least 4 members (excludes halogenated alkanes) is 2. The maximum Gasteiger partial charge on any atom is 0.252 e. The molecule has 1 amide bonds. The highest BCUT2D eigenvalue weighted by Crippen LogP contribution is 2.17. The van der Waals surface area contributed by atoms with Gasteiger partial charge in [-0.15, -0.1) is 0 Å². The summed E-state index contributed by atoms with van der Waals surface area (Å²) >= 11 is 8.00. The van der Waals surface area contributed by atoms with Gasteiger partial charge in [-0.2, -0.15) is 0 Å². The van der Waals surface area contributed by atoms with Crippen molar-refractivity contribution in [2.45, 2.75) is 26.2 Å². The molecule has 0 heterocycles. The van der Waals surface area contributed by atoms with Crippen molar-refractivity contribution in [3.05, 3.63) is 32.4 Å². The fraction of sp³-hybridized carbons (Fsp3) is 0.417. The predicted octanol–water partition coefficient (Wildman–Crippen LogP) is 3.86. The van der Waals surface area contributed by atoms with Crippen LogP contribution in [0.1, 0.15) is 36.5 Å². The summed E-state index contributed by atoms with van der Waals surface area (Å²) in [6, 6.07) is 5.35. The third-order valence-corrected chi connectivity index (χ3v) is 3.41. The Bertz CT molecular complexity index is 368. The molecule has 0 bridgehead atoms. The minimum absolute atomic E-state index is 0.0389. The minimum Gasteiger partial charge on any atom is -0.352 e. The van der Waals surface area contributed by atoms with E-state index in [1.807, 2.05) is 6.07 Å². The number of hydrogen-bond acceptors (Lipinski definition) is 1. The zero-order valence-corrected chi connectivity index (χ0v) is 12.1. The highest BCUT2D eigenvalue weighted by atomic mass is 127. The second kappa shape index (κ2) is 7.12. The van der Waals surface area contributed by atoms with Gasteiger partial charge in [-0.25, -0.2) is 0 Å². The lowest BCUT2D eigenvalue weighted by Gasteiger charge is -2.06. The number of nitrogens with one attached hydrogen (secondary N) is 1. The third kappa shape index (κ3) is 4.29. The quantitative estimate of drug-likeness (QED) is 0.633. The Labute approximate surface area is 115 Å². The van der Waals surface area contributed by atoms with Gasteiger partial charge in [0, 0.05) is 15.1 Å². The second-order valence-corrected chi connectivity index (χ2v) is 5.19. The lowest BCUT2D eigenvalue weighted by atomic mass is 10.2. The lowest BCUT2D eigenvalue weighted by Crippen LogP contribution is -2.25. The van der Waals surface area contributed by atoms with E-state index >= 15 is 0 Å². The summed E-state index contributed by atoms with van der Waals surface area (Å²) in [6.45, 7) is 2.87. The number of carbonyl (C=O) groups excluding carboxylic acids is 1. The molecule has 88 valence electrons. The Hall–Kier alpha value is -0.290. The molecule has 1 N–H and O–H groups in total. The fourth-order valence-corrected chi connectivity index (χ4v) is 2.10. The SMILES string of the molecule is CCCCCNC(=O)c1cc(Cl)ccc1I. The van der Waals surface area contributed by atoms with Crippen LogP contribution >= 0.6 is 34.2 Å². The summed E-state index contributed by atoms with van der Waals surface area (Å²) in [5.41, 5.74) is 0.657. The summed E-state index contributed by atoms with van der Waals surface area (Å²) in [4.78, 5) is 11.8. The topological polar surface area (TPSA) is 29.1 Å². The van der Waals surface area contributed by atoms with Crippen molar-refractivity contribution in [2.75, 3.05) is 6.54 Å². The molecular formula is C12H15ClINO. The summed E-state index contributed by atoms with van der Waals surface area (Å²) in [5, 5.41) is 3.50. The van der Waals surface area contributed by atoms with Gasteiger partial charge in [-0.05, 0) is 47.2 Å². The summed E-state index contributed by atoms with van der Waals surface area (Å²) in [5.74, 6) is -0.0389. The van der Waals surface area contributed by atoms with Gasteiger partial charge < -0.3 is 5.32 Å². The van der Waals surface area contributed by atoms with Crippen molar-refractivity contribution in [1.82, 2.24) is 5.32 Å². The van der Waals surface area contributed by atoms with E-state index in [1.54, 1.807) is 12.1 Å². The van der Waals surface area contributed by atoms with Crippen molar-refractivity contribution in [1.29, 1.82) is 0 Å².